The lowest BCUT2D eigenvalue weighted by Gasteiger charge is -2.60. The largest absolute Gasteiger partial charge is 0.399 e. The maximum absolute atomic E-state index is 5.13. The summed E-state index contributed by atoms with van der Waals surface area (Å²) in [6, 6.07) is 0. The molecule has 4 aliphatic carbocycles. The SMILES string of the molecule is CO/N=C1\CC[C@@]2(C)[C@H](CC[C@@H]3[C@@H]2CC[C@]2(C)[C@@H](/C(C)=N/OC)CC[C@@H]32)C1. The fourth-order valence-electron chi connectivity index (χ4n) is 8.17. The number of fused-ring (bicyclic) bond motifs is 5. The summed E-state index contributed by atoms with van der Waals surface area (Å²) in [5.41, 5.74) is 3.45. The van der Waals surface area contributed by atoms with Gasteiger partial charge in [-0.3, -0.25) is 0 Å². The van der Waals surface area contributed by atoms with Gasteiger partial charge in [-0.15, -0.1) is 0 Å². The van der Waals surface area contributed by atoms with Gasteiger partial charge in [-0.05, 0) is 99.2 Å². The summed E-state index contributed by atoms with van der Waals surface area (Å²) < 4.78 is 0. The first-order chi connectivity index (χ1) is 12.9. The Balaban J connectivity index is 1.56. The molecular formula is C23H38N2O2. The van der Waals surface area contributed by atoms with E-state index in [0.29, 0.717) is 16.7 Å². The van der Waals surface area contributed by atoms with E-state index in [1.807, 2.05) is 0 Å². The zero-order valence-electron chi connectivity index (χ0n) is 18.0. The van der Waals surface area contributed by atoms with E-state index in [4.69, 9.17) is 9.68 Å². The van der Waals surface area contributed by atoms with Gasteiger partial charge in [-0.25, -0.2) is 0 Å². The summed E-state index contributed by atoms with van der Waals surface area (Å²) in [6.45, 7) is 7.37. The third-order valence-electron chi connectivity index (χ3n) is 9.46. The van der Waals surface area contributed by atoms with Crippen molar-refractivity contribution in [3.8, 4) is 0 Å². The van der Waals surface area contributed by atoms with Gasteiger partial charge in [0.1, 0.15) is 14.2 Å². The molecule has 0 heterocycles. The molecule has 0 aromatic heterocycles. The predicted octanol–water partition coefficient (Wildman–Crippen LogP) is 5.67. The summed E-state index contributed by atoms with van der Waals surface area (Å²) in [5, 5.41) is 8.66. The van der Waals surface area contributed by atoms with E-state index < -0.39 is 0 Å². The molecule has 4 nitrogen and oxygen atoms in total. The van der Waals surface area contributed by atoms with Crippen molar-refractivity contribution in [3.63, 3.8) is 0 Å². The summed E-state index contributed by atoms with van der Waals surface area (Å²) in [7, 11) is 3.37. The van der Waals surface area contributed by atoms with Crippen molar-refractivity contribution in [2.24, 2.45) is 50.7 Å². The average Bonchev–Trinajstić information content (AvgIpc) is 3.00. The average molecular weight is 375 g/mol. The van der Waals surface area contributed by atoms with Gasteiger partial charge < -0.3 is 9.68 Å². The minimum atomic E-state index is 0.424. The molecular weight excluding hydrogens is 336 g/mol. The highest BCUT2D eigenvalue weighted by Crippen LogP contribution is 2.67. The molecule has 0 saturated heterocycles. The van der Waals surface area contributed by atoms with Crippen LogP contribution in [0.1, 0.15) is 78.6 Å². The topological polar surface area (TPSA) is 43.2 Å². The quantitative estimate of drug-likeness (QED) is 0.472. The van der Waals surface area contributed by atoms with Crippen LogP contribution in [0.2, 0.25) is 0 Å². The Morgan fingerprint density at radius 2 is 1.70 bits per heavy atom. The summed E-state index contributed by atoms with van der Waals surface area (Å²) in [5.74, 6) is 4.10. The molecule has 4 aliphatic rings. The Bertz CT molecular complexity index is 630. The molecule has 7 atom stereocenters. The molecule has 0 aromatic carbocycles. The van der Waals surface area contributed by atoms with Crippen molar-refractivity contribution >= 4 is 11.4 Å². The lowest BCUT2D eigenvalue weighted by molar-refractivity contribution is -0.0963. The first kappa shape index (κ1) is 19.3. The number of rotatable bonds is 3. The van der Waals surface area contributed by atoms with Gasteiger partial charge in [0.2, 0.25) is 0 Å². The Kier molecular flexibility index (Phi) is 5.05. The van der Waals surface area contributed by atoms with E-state index in [0.717, 1.165) is 36.5 Å². The monoisotopic (exact) mass is 374 g/mol. The lowest BCUT2D eigenvalue weighted by Crippen LogP contribution is -2.53. The van der Waals surface area contributed by atoms with Crippen LogP contribution in [0, 0.1) is 40.4 Å². The van der Waals surface area contributed by atoms with E-state index in [1.54, 1.807) is 14.2 Å². The van der Waals surface area contributed by atoms with Crippen LogP contribution in [0.15, 0.2) is 10.3 Å². The van der Waals surface area contributed by atoms with E-state index in [9.17, 15) is 0 Å². The van der Waals surface area contributed by atoms with Gasteiger partial charge in [0, 0.05) is 5.92 Å². The standard InChI is InChI=1S/C23H38N2O2/c1-15(24-26-4)19-8-9-20-18-7-6-16-14-17(25-27-5)10-12-22(16,2)21(18)11-13-23(19,20)3/h16,18-21H,6-14H2,1-5H3/b24-15+,25-17+/t16-,18+,19-,20+,21+,22+,23-/m1/s1. The summed E-state index contributed by atoms with van der Waals surface area (Å²) in [6.07, 6.45) is 11.8. The second-order valence-corrected chi connectivity index (χ2v) is 10.3. The fourth-order valence-corrected chi connectivity index (χ4v) is 8.17. The molecule has 4 rings (SSSR count). The summed E-state index contributed by atoms with van der Waals surface area (Å²) >= 11 is 0. The number of nitrogens with zero attached hydrogens (tertiary/aromatic N) is 2. The molecule has 0 N–H and O–H groups in total. The maximum atomic E-state index is 5.13. The van der Waals surface area contributed by atoms with Crippen LogP contribution in [0.25, 0.3) is 0 Å². The molecule has 4 saturated carbocycles. The van der Waals surface area contributed by atoms with E-state index in [2.05, 4.69) is 31.1 Å². The highest BCUT2D eigenvalue weighted by atomic mass is 16.6. The van der Waals surface area contributed by atoms with Gasteiger partial charge in [-0.2, -0.15) is 0 Å². The van der Waals surface area contributed by atoms with Crippen LogP contribution in [0.4, 0.5) is 0 Å². The minimum absolute atomic E-state index is 0.424. The zero-order valence-corrected chi connectivity index (χ0v) is 18.0. The molecule has 4 heteroatoms. The van der Waals surface area contributed by atoms with E-state index >= 15 is 0 Å². The molecule has 152 valence electrons. The molecule has 0 aromatic rings. The van der Waals surface area contributed by atoms with Gasteiger partial charge in [0.05, 0.1) is 11.4 Å². The number of oxime groups is 2. The van der Waals surface area contributed by atoms with Crippen LogP contribution in [-0.2, 0) is 9.68 Å². The smallest absolute Gasteiger partial charge is 0.106 e. The second-order valence-electron chi connectivity index (χ2n) is 10.3. The van der Waals surface area contributed by atoms with E-state index in [-0.39, 0.29) is 0 Å². The molecule has 4 fully saturated rings. The van der Waals surface area contributed by atoms with E-state index in [1.165, 1.54) is 56.4 Å². The van der Waals surface area contributed by atoms with Crippen molar-refractivity contribution in [2.75, 3.05) is 14.2 Å². The predicted molar refractivity (Wildman–Crippen MR) is 110 cm³/mol. The number of hydrogen-bond acceptors (Lipinski definition) is 4. The van der Waals surface area contributed by atoms with Crippen molar-refractivity contribution in [1.82, 2.24) is 0 Å². The Labute approximate surface area is 165 Å². The highest BCUT2D eigenvalue weighted by Gasteiger charge is 2.60. The normalized spacial score (nSPS) is 48.6. The third kappa shape index (κ3) is 2.93. The molecule has 0 aliphatic heterocycles. The Morgan fingerprint density at radius 1 is 0.926 bits per heavy atom. The molecule has 0 amide bonds. The maximum Gasteiger partial charge on any atom is 0.106 e. The van der Waals surface area contributed by atoms with Crippen molar-refractivity contribution in [1.29, 1.82) is 0 Å². The minimum Gasteiger partial charge on any atom is -0.399 e. The van der Waals surface area contributed by atoms with Gasteiger partial charge in [0.15, 0.2) is 0 Å². The van der Waals surface area contributed by atoms with Gasteiger partial charge in [0.25, 0.3) is 0 Å². The molecule has 27 heavy (non-hydrogen) atoms. The van der Waals surface area contributed by atoms with Gasteiger partial charge in [-0.1, -0.05) is 24.2 Å². The Morgan fingerprint density at radius 3 is 2.44 bits per heavy atom. The highest BCUT2D eigenvalue weighted by molar-refractivity contribution is 5.85. The first-order valence-corrected chi connectivity index (χ1v) is 11.1. The van der Waals surface area contributed by atoms with Crippen LogP contribution >= 0.6 is 0 Å². The van der Waals surface area contributed by atoms with Crippen molar-refractivity contribution in [2.45, 2.75) is 78.6 Å². The molecule has 0 spiro atoms. The van der Waals surface area contributed by atoms with Crippen LogP contribution in [-0.4, -0.2) is 25.6 Å². The van der Waals surface area contributed by atoms with Crippen LogP contribution in [0.5, 0.6) is 0 Å². The molecule has 0 unspecified atom stereocenters. The van der Waals surface area contributed by atoms with Crippen molar-refractivity contribution < 1.29 is 9.68 Å². The van der Waals surface area contributed by atoms with Crippen LogP contribution < -0.4 is 0 Å². The lowest BCUT2D eigenvalue weighted by atomic mass is 9.44. The fraction of sp³-hybridized carbons (Fsp3) is 0.913. The molecule has 0 bridgehead atoms. The second kappa shape index (κ2) is 7.08. The Hall–Kier alpha value is -1.06. The summed E-state index contributed by atoms with van der Waals surface area (Å²) in [4.78, 5) is 10.2. The van der Waals surface area contributed by atoms with Crippen molar-refractivity contribution in [3.05, 3.63) is 0 Å². The first-order valence-electron chi connectivity index (χ1n) is 11.1. The van der Waals surface area contributed by atoms with Gasteiger partial charge >= 0.3 is 0 Å². The van der Waals surface area contributed by atoms with Crippen LogP contribution in [0.3, 0.4) is 0 Å². The molecule has 0 radical (unpaired) electrons. The number of hydrogen-bond donors (Lipinski definition) is 0. The zero-order chi connectivity index (χ0) is 19.2. The third-order valence-corrected chi connectivity index (χ3v) is 9.46.